The first-order valence-electron chi connectivity index (χ1n) is 6.21. The van der Waals surface area contributed by atoms with E-state index in [-0.39, 0.29) is 5.82 Å². The molecule has 0 spiro atoms. The normalized spacial score (nSPS) is 10.9. The number of aromatic nitrogens is 3. The molecule has 102 valence electrons. The summed E-state index contributed by atoms with van der Waals surface area (Å²) >= 11 is 6.00. The average molecular weight is 291 g/mol. The molecular formula is C14H12ClFN4. The van der Waals surface area contributed by atoms with Crippen molar-refractivity contribution in [2.45, 2.75) is 6.42 Å². The molecule has 20 heavy (non-hydrogen) atoms. The Bertz CT molecular complexity index is 741. The maximum Gasteiger partial charge on any atom is 0.144 e. The van der Waals surface area contributed by atoms with Crippen LogP contribution in [0, 0.1) is 5.82 Å². The van der Waals surface area contributed by atoms with E-state index in [1.54, 1.807) is 24.4 Å². The first kappa shape index (κ1) is 12.9. The van der Waals surface area contributed by atoms with Gasteiger partial charge in [-0.05, 0) is 30.3 Å². The van der Waals surface area contributed by atoms with Crippen LogP contribution in [0.3, 0.4) is 0 Å². The molecule has 0 fully saturated rings. The van der Waals surface area contributed by atoms with Gasteiger partial charge in [0.15, 0.2) is 0 Å². The highest BCUT2D eigenvalue weighted by Crippen LogP contribution is 2.17. The van der Waals surface area contributed by atoms with Crippen molar-refractivity contribution in [2.24, 2.45) is 0 Å². The van der Waals surface area contributed by atoms with Crippen molar-refractivity contribution in [2.75, 3.05) is 11.9 Å². The summed E-state index contributed by atoms with van der Waals surface area (Å²) in [4.78, 5) is 11.6. The van der Waals surface area contributed by atoms with E-state index < -0.39 is 0 Å². The van der Waals surface area contributed by atoms with Crippen molar-refractivity contribution in [3.05, 3.63) is 53.2 Å². The highest BCUT2D eigenvalue weighted by Gasteiger charge is 2.04. The van der Waals surface area contributed by atoms with Crippen LogP contribution in [0.4, 0.5) is 10.2 Å². The summed E-state index contributed by atoms with van der Waals surface area (Å²) in [5.74, 6) is 1.17. The van der Waals surface area contributed by atoms with Crippen LogP contribution in [-0.4, -0.2) is 21.5 Å². The molecule has 2 aromatic heterocycles. The van der Waals surface area contributed by atoms with E-state index in [1.807, 2.05) is 0 Å². The fourth-order valence-electron chi connectivity index (χ4n) is 1.97. The summed E-state index contributed by atoms with van der Waals surface area (Å²) in [6.45, 7) is 0.638. The molecule has 2 N–H and O–H groups in total. The first-order valence-corrected chi connectivity index (χ1v) is 6.59. The largest absolute Gasteiger partial charge is 0.368 e. The van der Waals surface area contributed by atoms with E-state index in [2.05, 4.69) is 20.3 Å². The lowest BCUT2D eigenvalue weighted by atomic mass is 10.3. The molecule has 3 rings (SSSR count). The van der Waals surface area contributed by atoms with E-state index >= 15 is 0 Å². The Kier molecular flexibility index (Phi) is 3.52. The molecule has 0 saturated heterocycles. The molecule has 3 aromatic rings. The molecule has 0 radical (unpaired) electrons. The quantitative estimate of drug-likeness (QED) is 0.774. The number of hydrogen-bond acceptors (Lipinski definition) is 3. The third-order valence-corrected chi connectivity index (χ3v) is 3.21. The number of rotatable bonds is 4. The van der Waals surface area contributed by atoms with Crippen LogP contribution in [0.1, 0.15) is 5.82 Å². The zero-order chi connectivity index (χ0) is 13.9. The zero-order valence-corrected chi connectivity index (χ0v) is 11.3. The van der Waals surface area contributed by atoms with Gasteiger partial charge in [-0.3, -0.25) is 0 Å². The van der Waals surface area contributed by atoms with E-state index in [1.165, 1.54) is 12.1 Å². The van der Waals surface area contributed by atoms with Gasteiger partial charge in [0.25, 0.3) is 0 Å². The summed E-state index contributed by atoms with van der Waals surface area (Å²) in [7, 11) is 0. The molecule has 0 amide bonds. The molecule has 1 aromatic carbocycles. The number of benzene rings is 1. The minimum atomic E-state index is -0.272. The topological polar surface area (TPSA) is 53.6 Å². The number of aromatic amines is 1. The summed E-state index contributed by atoms with van der Waals surface area (Å²) in [6.07, 6.45) is 2.35. The second-order valence-electron chi connectivity index (χ2n) is 4.36. The lowest BCUT2D eigenvalue weighted by Crippen LogP contribution is -2.07. The van der Waals surface area contributed by atoms with Crippen LogP contribution in [-0.2, 0) is 6.42 Å². The van der Waals surface area contributed by atoms with Gasteiger partial charge < -0.3 is 10.3 Å². The van der Waals surface area contributed by atoms with Gasteiger partial charge in [-0.25, -0.2) is 14.4 Å². The smallest absolute Gasteiger partial charge is 0.144 e. The molecule has 0 saturated carbocycles. The highest BCUT2D eigenvalue weighted by molar-refractivity contribution is 6.32. The van der Waals surface area contributed by atoms with Crippen molar-refractivity contribution in [1.29, 1.82) is 0 Å². The third kappa shape index (κ3) is 2.72. The fraction of sp³-hybridized carbons (Fsp3) is 0.143. The van der Waals surface area contributed by atoms with E-state index in [4.69, 9.17) is 11.6 Å². The standard InChI is InChI=1S/C14H12ClFN4/c15-10-2-1-6-17-14(10)18-7-5-13-19-11-4-3-9(16)8-12(11)20-13/h1-4,6,8H,5,7H2,(H,17,18)(H,19,20). The predicted octanol–water partition coefficient (Wildman–Crippen LogP) is 3.41. The van der Waals surface area contributed by atoms with Crippen LogP contribution in [0.2, 0.25) is 5.02 Å². The van der Waals surface area contributed by atoms with Crippen LogP contribution in [0.25, 0.3) is 11.0 Å². The van der Waals surface area contributed by atoms with E-state index in [9.17, 15) is 4.39 Å². The maximum atomic E-state index is 13.1. The Balaban J connectivity index is 1.67. The third-order valence-electron chi connectivity index (χ3n) is 2.91. The van der Waals surface area contributed by atoms with Gasteiger partial charge in [-0.2, -0.15) is 0 Å². The Morgan fingerprint density at radius 2 is 2.20 bits per heavy atom. The zero-order valence-electron chi connectivity index (χ0n) is 10.5. The molecule has 0 aliphatic heterocycles. The molecule has 0 bridgehead atoms. The van der Waals surface area contributed by atoms with Crippen LogP contribution < -0.4 is 5.32 Å². The van der Waals surface area contributed by atoms with Gasteiger partial charge >= 0.3 is 0 Å². The second kappa shape index (κ2) is 5.46. The predicted molar refractivity (Wildman–Crippen MR) is 77.5 cm³/mol. The first-order chi connectivity index (χ1) is 9.72. The van der Waals surface area contributed by atoms with Crippen molar-refractivity contribution in [1.82, 2.24) is 15.0 Å². The van der Waals surface area contributed by atoms with Gasteiger partial charge in [0, 0.05) is 19.2 Å². The van der Waals surface area contributed by atoms with Gasteiger partial charge in [0.05, 0.1) is 16.1 Å². The summed E-state index contributed by atoms with van der Waals surface area (Å²) in [5.41, 5.74) is 1.47. The second-order valence-corrected chi connectivity index (χ2v) is 4.76. The van der Waals surface area contributed by atoms with Crippen molar-refractivity contribution in [3.63, 3.8) is 0 Å². The number of hydrogen-bond donors (Lipinski definition) is 2. The summed E-state index contributed by atoms with van der Waals surface area (Å²) < 4.78 is 13.1. The van der Waals surface area contributed by atoms with Gasteiger partial charge in [-0.15, -0.1) is 0 Å². The van der Waals surface area contributed by atoms with Gasteiger partial charge in [0.1, 0.15) is 17.5 Å². The Hall–Kier alpha value is -2.14. The Morgan fingerprint density at radius 3 is 3.05 bits per heavy atom. The number of nitrogens with zero attached hydrogens (tertiary/aromatic N) is 2. The number of H-pyrrole nitrogens is 1. The van der Waals surface area contributed by atoms with Crippen LogP contribution in [0.5, 0.6) is 0 Å². The lowest BCUT2D eigenvalue weighted by molar-refractivity contribution is 0.629. The number of anilines is 1. The Morgan fingerprint density at radius 1 is 1.30 bits per heavy atom. The van der Waals surface area contributed by atoms with Gasteiger partial charge in [-0.1, -0.05) is 11.6 Å². The molecule has 0 aliphatic carbocycles. The monoisotopic (exact) mass is 290 g/mol. The van der Waals surface area contributed by atoms with E-state index in [0.29, 0.717) is 29.3 Å². The number of imidazole rings is 1. The minimum absolute atomic E-state index is 0.272. The lowest BCUT2D eigenvalue weighted by Gasteiger charge is -2.05. The van der Waals surface area contributed by atoms with Crippen LogP contribution >= 0.6 is 11.6 Å². The summed E-state index contributed by atoms with van der Waals surface area (Å²) in [5, 5.41) is 3.72. The molecule has 0 unspecified atom stereocenters. The number of halogens is 2. The maximum absolute atomic E-state index is 13.1. The van der Waals surface area contributed by atoms with Gasteiger partial charge in [0.2, 0.25) is 0 Å². The average Bonchev–Trinajstić information content (AvgIpc) is 2.83. The van der Waals surface area contributed by atoms with Crippen molar-refractivity contribution in [3.8, 4) is 0 Å². The minimum Gasteiger partial charge on any atom is -0.368 e. The number of nitrogens with one attached hydrogen (secondary N) is 2. The van der Waals surface area contributed by atoms with Crippen molar-refractivity contribution < 1.29 is 4.39 Å². The highest BCUT2D eigenvalue weighted by atomic mass is 35.5. The Labute approximate surface area is 120 Å². The SMILES string of the molecule is Fc1ccc2nc(CCNc3ncccc3Cl)[nH]c2c1. The van der Waals surface area contributed by atoms with E-state index in [0.717, 1.165) is 11.3 Å². The molecule has 2 heterocycles. The summed E-state index contributed by atoms with van der Waals surface area (Å²) in [6, 6.07) is 8.06. The molecule has 0 aliphatic rings. The molecular weight excluding hydrogens is 279 g/mol. The molecule has 4 nitrogen and oxygen atoms in total. The fourth-order valence-corrected chi connectivity index (χ4v) is 2.16. The number of fused-ring (bicyclic) bond motifs is 1. The number of pyridine rings is 1. The van der Waals surface area contributed by atoms with Crippen molar-refractivity contribution >= 4 is 28.5 Å². The van der Waals surface area contributed by atoms with Crippen LogP contribution in [0.15, 0.2) is 36.5 Å². The molecule has 6 heteroatoms. The molecule has 0 atom stereocenters.